The van der Waals surface area contributed by atoms with E-state index in [-0.39, 0.29) is 12.2 Å². The molecule has 0 aromatic heterocycles. The first-order chi connectivity index (χ1) is 13.1. The Morgan fingerprint density at radius 2 is 1.81 bits per heavy atom. The molecule has 2 aromatic carbocycles. The van der Waals surface area contributed by atoms with E-state index in [0.29, 0.717) is 17.9 Å². The topological polar surface area (TPSA) is 81.3 Å². The Bertz CT molecular complexity index is 803. The largest absolute Gasteiger partial charge is 0.507 e. The summed E-state index contributed by atoms with van der Waals surface area (Å²) in [6.45, 7) is 0. The highest BCUT2D eigenvalue weighted by atomic mass is 16.4. The number of carboxylic acid groups (broad SMARTS) is 1. The third-order valence-electron chi connectivity index (χ3n) is 4.59. The van der Waals surface area contributed by atoms with Gasteiger partial charge in [-0.15, -0.1) is 0 Å². The molecule has 4 nitrogen and oxygen atoms in total. The molecule has 1 unspecified atom stereocenters. The van der Waals surface area contributed by atoms with E-state index in [9.17, 15) is 9.90 Å². The lowest BCUT2D eigenvalue weighted by atomic mass is 9.92. The normalized spacial score (nSPS) is 12.0. The fourth-order valence-electron chi connectivity index (χ4n) is 2.99. The molecule has 1 atom stereocenters. The number of aryl methyl sites for hydroxylation is 1. The molecule has 140 valence electrons. The summed E-state index contributed by atoms with van der Waals surface area (Å²) < 4.78 is 0. The molecule has 0 aliphatic rings. The molecular formula is C23H25NO3. The smallest absolute Gasteiger partial charge is 0.303 e. The fourth-order valence-corrected chi connectivity index (χ4v) is 2.99. The van der Waals surface area contributed by atoms with E-state index in [1.807, 2.05) is 42.5 Å². The maximum absolute atomic E-state index is 10.7. The van der Waals surface area contributed by atoms with Crippen molar-refractivity contribution >= 4 is 12.0 Å². The maximum atomic E-state index is 10.7. The molecule has 2 N–H and O–H groups in total. The van der Waals surface area contributed by atoms with E-state index >= 15 is 0 Å². The maximum Gasteiger partial charge on any atom is 0.303 e. The number of rotatable bonds is 10. The molecule has 0 fully saturated rings. The Balaban J connectivity index is 1.98. The molecule has 0 heterocycles. The molecule has 0 radical (unpaired) electrons. The summed E-state index contributed by atoms with van der Waals surface area (Å²) in [7, 11) is 0. The highest BCUT2D eigenvalue weighted by molar-refractivity contribution is 5.66. The summed E-state index contributed by atoms with van der Waals surface area (Å²) in [4.78, 5) is 10.7. The lowest BCUT2D eigenvalue weighted by Gasteiger charge is -2.13. The molecule has 0 amide bonds. The zero-order valence-corrected chi connectivity index (χ0v) is 15.3. The Labute approximate surface area is 160 Å². The van der Waals surface area contributed by atoms with Gasteiger partial charge in [0.05, 0.1) is 11.6 Å². The predicted molar refractivity (Wildman–Crippen MR) is 106 cm³/mol. The van der Waals surface area contributed by atoms with Gasteiger partial charge in [0.15, 0.2) is 0 Å². The van der Waals surface area contributed by atoms with Crippen molar-refractivity contribution in [1.29, 1.82) is 5.26 Å². The number of carboxylic acids is 1. The van der Waals surface area contributed by atoms with Gasteiger partial charge in [-0.1, -0.05) is 48.9 Å². The van der Waals surface area contributed by atoms with Gasteiger partial charge in [0.2, 0.25) is 0 Å². The first-order valence-electron chi connectivity index (χ1n) is 9.25. The quantitative estimate of drug-likeness (QED) is 0.571. The van der Waals surface area contributed by atoms with Gasteiger partial charge in [-0.2, -0.15) is 5.26 Å². The molecule has 4 heteroatoms. The number of para-hydroxylation sites is 1. The van der Waals surface area contributed by atoms with Crippen molar-refractivity contribution in [3.8, 4) is 11.8 Å². The van der Waals surface area contributed by atoms with Crippen LogP contribution in [-0.4, -0.2) is 16.2 Å². The Kier molecular flexibility index (Phi) is 8.12. The fraction of sp³-hybridized carbons (Fsp3) is 0.304. The molecule has 0 aliphatic carbocycles. The van der Waals surface area contributed by atoms with Crippen LogP contribution in [0.3, 0.4) is 0 Å². The van der Waals surface area contributed by atoms with Crippen LogP contribution in [0.25, 0.3) is 6.08 Å². The van der Waals surface area contributed by atoms with Crippen molar-refractivity contribution < 1.29 is 15.0 Å². The summed E-state index contributed by atoms with van der Waals surface area (Å²) in [5.74, 6) is -0.201. The van der Waals surface area contributed by atoms with Crippen LogP contribution < -0.4 is 0 Å². The second-order valence-corrected chi connectivity index (χ2v) is 6.66. The van der Waals surface area contributed by atoms with E-state index in [4.69, 9.17) is 10.4 Å². The Morgan fingerprint density at radius 1 is 1.07 bits per heavy atom. The number of allylic oxidation sites excluding steroid dienone is 1. The van der Waals surface area contributed by atoms with Gasteiger partial charge in [-0.25, -0.2) is 0 Å². The van der Waals surface area contributed by atoms with Crippen LogP contribution in [0.1, 0.15) is 48.8 Å². The van der Waals surface area contributed by atoms with E-state index in [1.54, 1.807) is 12.1 Å². The number of carbonyl (C=O) groups is 1. The van der Waals surface area contributed by atoms with Gasteiger partial charge >= 0.3 is 5.97 Å². The minimum atomic E-state index is -0.756. The number of unbranched alkanes of at least 4 members (excludes halogenated alkanes) is 1. The first-order valence-corrected chi connectivity index (χ1v) is 9.25. The number of hydrogen-bond acceptors (Lipinski definition) is 3. The van der Waals surface area contributed by atoms with Crippen LogP contribution in [0.4, 0.5) is 0 Å². The van der Waals surface area contributed by atoms with Gasteiger partial charge in [0.1, 0.15) is 5.75 Å². The van der Waals surface area contributed by atoms with Gasteiger partial charge < -0.3 is 10.2 Å². The standard InChI is InChI=1S/C23H25NO3/c24-17-20-13-11-19(12-14-20)10-9-18(5-1-4-8-23(26)27)15-16-21-6-2-3-7-22(21)25/h2-3,6-7,11-16,18,25H,1,4-5,8-10H2,(H,26,27)/b16-15+. The zero-order chi connectivity index (χ0) is 19.5. The third kappa shape index (κ3) is 7.37. The highest BCUT2D eigenvalue weighted by Crippen LogP contribution is 2.23. The van der Waals surface area contributed by atoms with Crippen LogP contribution in [0.5, 0.6) is 5.75 Å². The Hall–Kier alpha value is -3.06. The minimum absolute atomic E-state index is 0.200. The zero-order valence-electron chi connectivity index (χ0n) is 15.3. The van der Waals surface area contributed by atoms with Crippen molar-refractivity contribution in [2.24, 2.45) is 5.92 Å². The van der Waals surface area contributed by atoms with Crippen molar-refractivity contribution in [3.05, 3.63) is 71.3 Å². The van der Waals surface area contributed by atoms with Gasteiger partial charge in [0.25, 0.3) is 0 Å². The Morgan fingerprint density at radius 3 is 2.48 bits per heavy atom. The van der Waals surface area contributed by atoms with Gasteiger partial charge in [-0.3, -0.25) is 4.79 Å². The summed E-state index contributed by atoms with van der Waals surface area (Å²) in [5.41, 5.74) is 2.62. The third-order valence-corrected chi connectivity index (χ3v) is 4.59. The van der Waals surface area contributed by atoms with Crippen LogP contribution in [-0.2, 0) is 11.2 Å². The predicted octanol–water partition coefficient (Wildman–Crippen LogP) is 5.17. The van der Waals surface area contributed by atoms with Crippen LogP contribution in [0, 0.1) is 17.2 Å². The molecule has 0 bridgehead atoms. The SMILES string of the molecule is N#Cc1ccc(CCC(/C=C/c2ccccc2O)CCCCC(=O)O)cc1. The van der Waals surface area contributed by atoms with Gasteiger partial charge in [0, 0.05) is 12.0 Å². The van der Waals surface area contributed by atoms with Crippen LogP contribution >= 0.6 is 0 Å². The number of phenols is 1. The number of phenolic OH excluding ortho intramolecular Hbond substituents is 1. The van der Waals surface area contributed by atoms with E-state index < -0.39 is 5.97 Å². The highest BCUT2D eigenvalue weighted by Gasteiger charge is 2.08. The second kappa shape index (κ2) is 10.8. The molecule has 0 aliphatic heterocycles. The van der Waals surface area contributed by atoms with Gasteiger partial charge in [-0.05, 0) is 55.4 Å². The first kappa shape index (κ1) is 20.3. The number of nitrogens with zero attached hydrogens (tertiary/aromatic N) is 1. The number of hydrogen-bond donors (Lipinski definition) is 2. The van der Waals surface area contributed by atoms with E-state index in [2.05, 4.69) is 12.1 Å². The lowest BCUT2D eigenvalue weighted by Crippen LogP contribution is -2.01. The molecule has 2 aromatic rings. The van der Waals surface area contributed by atoms with Crippen LogP contribution in [0.2, 0.25) is 0 Å². The molecular weight excluding hydrogens is 338 g/mol. The monoisotopic (exact) mass is 363 g/mol. The average molecular weight is 363 g/mol. The number of benzene rings is 2. The molecule has 0 spiro atoms. The van der Waals surface area contributed by atoms with Crippen LogP contribution in [0.15, 0.2) is 54.6 Å². The summed E-state index contributed by atoms with van der Waals surface area (Å²) in [5, 5.41) is 27.6. The molecule has 27 heavy (non-hydrogen) atoms. The summed E-state index contributed by atoms with van der Waals surface area (Å²) >= 11 is 0. The number of nitriles is 1. The van der Waals surface area contributed by atoms with E-state index in [1.165, 1.54) is 5.56 Å². The summed E-state index contributed by atoms with van der Waals surface area (Å²) in [6.07, 6.45) is 8.51. The average Bonchev–Trinajstić information content (AvgIpc) is 2.68. The molecule has 0 saturated heterocycles. The second-order valence-electron chi connectivity index (χ2n) is 6.66. The number of aliphatic carboxylic acids is 1. The minimum Gasteiger partial charge on any atom is -0.507 e. The van der Waals surface area contributed by atoms with Crippen molar-refractivity contribution in [2.45, 2.75) is 38.5 Å². The lowest BCUT2D eigenvalue weighted by molar-refractivity contribution is -0.137. The van der Waals surface area contributed by atoms with Crippen molar-refractivity contribution in [1.82, 2.24) is 0 Å². The molecule has 0 saturated carbocycles. The van der Waals surface area contributed by atoms with Crippen molar-refractivity contribution in [3.63, 3.8) is 0 Å². The molecule has 2 rings (SSSR count). The number of aromatic hydroxyl groups is 1. The van der Waals surface area contributed by atoms with E-state index in [0.717, 1.165) is 31.2 Å². The van der Waals surface area contributed by atoms with Crippen molar-refractivity contribution in [2.75, 3.05) is 0 Å². The summed E-state index contributed by atoms with van der Waals surface area (Å²) in [6, 6.07) is 17.0.